The van der Waals surface area contributed by atoms with E-state index in [1.54, 1.807) is 0 Å². The summed E-state index contributed by atoms with van der Waals surface area (Å²) in [4.78, 5) is 57.5. The predicted octanol–water partition coefficient (Wildman–Crippen LogP) is 2.82. The number of ether oxygens (including phenoxy) is 2. The molecule has 0 bridgehead atoms. The third kappa shape index (κ3) is 9.06. The van der Waals surface area contributed by atoms with Crippen LogP contribution in [0.5, 0.6) is 0 Å². The number of nitrogens with two attached hydrogens (primary N) is 1. The second kappa shape index (κ2) is 16.9. The highest BCUT2D eigenvalue weighted by molar-refractivity contribution is 7.90. The van der Waals surface area contributed by atoms with Gasteiger partial charge in [-0.25, -0.2) is 22.9 Å². The van der Waals surface area contributed by atoms with Crippen LogP contribution in [0.3, 0.4) is 0 Å². The van der Waals surface area contributed by atoms with Gasteiger partial charge in [0.15, 0.2) is 28.5 Å². The summed E-state index contributed by atoms with van der Waals surface area (Å²) in [7, 11) is -9.69. The Labute approximate surface area is 356 Å². The van der Waals surface area contributed by atoms with Crippen molar-refractivity contribution in [2.24, 2.45) is 10.8 Å². The third-order valence-corrected chi connectivity index (χ3v) is 22.6. The number of azide groups is 1. The standard InChI is InChI=1S/C38H58N8O12SSi2/c1-23-18-45(29-17-25(41-42-40)26(20-47)55-29)34(50)43(31(23)48)15-13-14-16-44-32(49)24(2)19-46(35(44)51)33-30(57-61(11,12)37(6,7)8)38(27(39)22-59(52,53)58-38)28(56-33)21-54-60(9,10)36(3,4)5/h18-19,22,25-26,28-30,33,47H,15-17,20-21,39H2,1-12H3/t25-,26+,28?,29+,30-,33+,38?/m0/s1. The zero-order valence-corrected chi connectivity index (χ0v) is 39.6. The summed E-state index contributed by atoms with van der Waals surface area (Å²) in [5, 5.41) is 13.5. The van der Waals surface area contributed by atoms with E-state index in [1.165, 1.54) is 30.8 Å². The quantitative estimate of drug-likeness (QED) is 0.0822. The van der Waals surface area contributed by atoms with Crippen molar-refractivity contribution in [3.8, 4) is 11.8 Å². The van der Waals surface area contributed by atoms with Crippen molar-refractivity contribution in [2.45, 2.75) is 154 Å². The Bertz CT molecular complexity index is 2550. The molecule has 20 nitrogen and oxygen atoms in total. The van der Waals surface area contributed by atoms with E-state index in [4.69, 9.17) is 33.8 Å². The topological polar surface area (TPSA) is 263 Å². The van der Waals surface area contributed by atoms with Crippen molar-refractivity contribution in [3.63, 3.8) is 0 Å². The van der Waals surface area contributed by atoms with E-state index in [9.17, 15) is 32.7 Å². The zero-order valence-electron chi connectivity index (χ0n) is 36.8. The number of hydrogen-bond donors (Lipinski definition) is 2. The van der Waals surface area contributed by atoms with E-state index in [2.05, 4.69) is 21.9 Å². The highest BCUT2D eigenvalue weighted by Crippen LogP contribution is 2.52. The van der Waals surface area contributed by atoms with Crippen LogP contribution < -0.4 is 28.2 Å². The Kier molecular flexibility index (Phi) is 13.3. The largest absolute Gasteiger partial charge is 0.414 e. The van der Waals surface area contributed by atoms with Crippen LogP contribution in [0.15, 0.2) is 47.8 Å². The number of rotatable bonds is 11. The predicted molar refractivity (Wildman–Crippen MR) is 230 cm³/mol. The Morgan fingerprint density at radius 1 is 0.934 bits per heavy atom. The molecule has 7 atom stereocenters. The molecule has 23 heteroatoms. The fourth-order valence-electron chi connectivity index (χ4n) is 6.91. The molecule has 2 aromatic heterocycles. The second-order valence-electron chi connectivity index (χ2n) is 18.8. The lowest BCUT2D eigenvalue weighted by molar-refractivity contribution is -0.0567. The molecule has 5 heterocycles. The molecule has 3 aliphatic heterocycles. The lowest BCUT2D eigenvalue weighted by Gasteiger charge is -2.43. The monoisotopic (exact) mass is 906 g/mol. The molecule has 61 heavy (non-hydrogen) atoms. The Morgan fingerprint density at radius 2 is 1.46 bits per heavy atom. The van der Waals surface area contributed by atoms with E-state index in [0.717, 1.165) is 19.1 Å². The normalized spacial score (nSPS) is 26.5. The van der Waals surface area contributed by atoms with Crippen LogP contribution in [0.2, 0.25) is 36.3 Å². The van der Waals surface area contributed by atoms with Gasteiger partial charge in [0, 0.05) is 34.9 Å². The van der Waals surface area contributed by atoms with Crippen LogP contribution in [-0.4, -0.2) is 91.6 Å². The lowest BCUT2D eigenvalue weighted by atomic mass is 9.89. The van der Waals surface area contributed by atoms with Crippen molar-refractivity contribution >= 4 is 26.8 Å². The molecule has 2 fully saturated rings. The van der Waals surface area contributed by atoms with Crippen LogP contribution in [0, 0.1) is 25.7 Å². The van der Waals surface area contributed by atoms with Gasteiger partial charge < -0.3 is 29.2 Å². The molecular formula is C38H58N8O12SSi2. The molecule has 0 aromatic carbocycles. The van der Waals surface area contributed by atoms with Crippen LogP contribution in [0.1, 0.15) is 71.5 Å². The highest BCUT2D eigenvalue weighted by atomic mass is 32.2. The van der Waals surface area contributed by atoms with Gasteiger partial charge in [-0.3, -0.25) is 18.7 Å². The van der Waals surface area contributed by atoms with Gasteiger partial charge in [0.25, 0.3) is 21.2 Å². The van der Waals surface area contributed by atoms with Crippen molar-refractivity contribution in [1.82, 2.24) is 18.3 Å². The van der Waals surface area contributed by atoms with Gasteiger partial charge in [0.2, 0.25) is 0 Å². The number of aryl methyl sites for hydroxylation is 2. The molecule has 3 aliphatic rings. The van der Waals surface area contributed by atoms with Gasteiger partial charge in [0.05, 0.1) is 49.6 Å². The van der Waals surface area contributed by atoms with Crippen LogP contribution in [0.25, 0.3) is 10.4 Å². The van der Waals surface area contributed by atoms with E-state index >= 15 is 0 Å². The molecule has 336 valence electrons. The number of hydrogen-bond acceptors (Lipinski definition) is 14. The number of nitrogens with zero attached hydrogens (tertiary/aromatic N) is 7. The highest BCUT2D eigenvalue weighted by Gasteiger charge is 2.67. The smallest absolute Gasteiger partial charge is 0.334 e. The van der Waals surface area contributed by atoms with Gasteiger partial charge in [-0.2, -0.15) is 8.42 Å². The Hall–Kier alpha value is -4.09. The van der Waals surface area contributed by atoms with Gasteiger partial charge in [-0.1, -0.05) is 58.5 Å². The van der Waals surface area contributed by atoms with Crippen molar-refractivity contribution in [1.29, 1.82) is 0 Å². The first kappa shape index (κ1) is 48.0. The molecule has 2 saturated heterocycles. The van der Waals surface area contributed by atoms with E-state index < -0.39 is 116 Å². The molecule has 0 amide bonds. The molecule has 1 spiro atoms. The summed E-state index contributed by atoms with van der Waals surface area (Å²) >= 11 is 0. The van der Waals surface area contributed by atoms with E-state index in [1.807, 2.05) is 67.7 Å². The summed E-state index contributed by atoms with van der Waals surface area (Å²) in [5.74, 6) is 5.45. The SMILES string of the molecule is Cc1cn([C@@H]2OC(CO[Si](C)(C)C(C)(C)C)C3(OS(=O)(=O)C=C3N)[C@H]2O[Si](C)(C)C(C)(C)C)c(=O)n(CC#CCn2c(=O)c(C)cn([C@H]3C[C@H](N=[N+]=[N-])[C@@H](CO)O3)c2=O)c1=O. The summed E-state index contributed by atoms with van der Waals surface area (Å²) in [6.07, 6.45) is -2.98. The Balaban J connectivity index is 1.56. The summed E-state index contributed by atoms with van der Waals surface area (Å²) in [5.41, 5.74) is 10.7. The van der Waals surface area contributed by atoms with Gasteiger partial charge in [-0.05, 0) is 55.6 Å². The molecule has 0 aliphatic carbocycles. The van der Waals surface area contributed by atoms with Crippen molar-refractivity contribution < 1.29 is 36.0 Å². The third-order valence-electron chi connectivity index (χ3n) is 12.6. The second-order valence-corrected chi connectivity index (χ2v) is 29.7. The number of aromatic nitrogens is 4. The average molecular weight is 907 g/mol. The van der Waals surface area contributed by atoms with Crippen LogP contribution in [0.4, 0.5) is 0 Å². The zero-order chi connectivity index (χ0) is 45.8. The summed E-state index contributed by atoms with van der Waals surface area (Å²) in [6, 6.07) is -0.743. The number of aliphatic hydroxyl groups is 1. The average Bonchev–Trinajstić information content (AvgIpc) is 3.76. The minimum atomic E-state index is -4.35. The molecule has 2 aromatic rings. The van der Waals surface area contributed by atoms with E-state index in [-0.39, 0.29) is 34.9 Å². The minimum absolute atomic E-state index is 0.0733. The van der Waals surface area contributed by atoms with Gasteiger partial charge in [0.1, 0.15) is 18.4 Å². The lowest BCUT2D eigenvalue weighted by Crippen LogP contribution is -2.59. The number of aliphatic hydroxyl groups excluding tert-OH is 1. The van der Waals surface area contributed by atoms with E-state index in [0.29, 0.717) is 0 Å². The molecule has 0 saturated carbocycles. The molecule has 3 N–H and O–H groups in total. The van der Waals surface area contributed by atoms with Crippen LogP contribution in [-0.2, 0) is 45.7 Å². The summed E-state index contributed by atoms with van der Waals surface area (Å²) < 4.78 is 62.3. The first-order chi connectivity index (χ1) is 28.0. The first-order valence-corrected chi connectivity index (χ1v) is 27.1. The maximum atomic E-state index is 14.5. The van der Waals surface area contributed by atoms with Gasteiger partial charge in [-0.15, -0.1) is 0 Å². The Morgan fingerprint density at radius 3 is 1.93 bits per heavy atom. The fourth-order valence-corrected chi connectivity index (χ4v) is 10.4. The first-order valence-electron chi connectivity index (χ1n) is 19.9. The molecular weight excluding hydrogens is 849 g/mol. The summed E-state index contributed by atoms with van der Waals surface area (Å²) in [6.45, 7) is 21.6. The minimum Gasteiger partial charge on any atom is -0.414 e. The van der Waals surface area contributed by atoms with Crippen LogP contribution >= 0.6 is 0 Å². The molecule has 2 unspecified atom stereocenters. The van der Waals surface area contributed by atoms with Crippen molar-refractivity contribution in [2.75, 3.05) is 13.2 Å². The fraction of sp³-hybridized carbons (Fsp3) is 0.684. The molecule has 5 rings (SSSR count). The maximum Gasteiger partial charge on any atom is 0.334 e. The maximum absolute atomic E-state index is 14.5. The van der Waals surface area contributed by atoms with Gasteiger partial charge >= 0.3 is 11.4 Å². The van der Waals surface area contributed by atoms with Crippen molar-refractivity contribution in [3.05, 3.63) is 86.7 Å². The molecule has 0 radical (unpaired) electrons.